The van der Waals surface area contributed by atoms with Gasteiger partial charge < -0.3 is 46.3 Å². The summed E-state index contributed by atoms with van der Waals surface area (Å²) in [7, 11) is 0. The molecule has 0 spiro atoms. The summed E-state index contributed by atoms with van der Waals surface area (Å²) >= 11 is 0. The van der Waals surface area contributed by atoms with Gasteiger partial charge in [0.15, 0.2) is 0 Å². The largest absolute Gasteiger partial charge is 0.481 e. The molecule has 0 heterocycles. The van der Waals surface area contributed by atoms with Crippen molar-refractivity contribution in [3.8, 4) is 0 Å². The Morgan fingerprint density at radius 2 is 1.52 bits per heavy atom. The Morgan fingerprint density at radius 3 is 2.18 bits per heavy atom. The van der Waals surface area contributed by atoms with Crippen LogP contribution in [0.5, 0.6) is 0 Å². The number of carbonyl (C=O) groups excluding carboxylic acids is 4. The Balaban J connectivity index is 1.85. The number of unbranched alkanes of at least 4 members (excludes halogenated alkanes) is 3. The molecule has 0 saturated heterocycles. The van der Waals surface area contributed by atoms with Crippen LogP contribution >= 0.6 is 0 Å². The highest BCUT2D eigenvalue weighted by Crippen LogP contribution is 2.52. The van der Waals surface area contributed by atoms with Gasteiger partial charge in [-0.1, -0.05) is 32.8 Å². The molecule has 0 aliphatic heterocycles. The second kappa shape index (κ2) is 24.7. The maximum Gasteiger partial charge on any atom is 0.407 e. The topological polar surface area (TPSA) is 207 Å². The highest BCUT2D eigenvalue weighted by atomic mass is 16.6. The van der Waals surface area contributed by atoms with E-state index in [2.05, 4.69) is 41.7 Å². The molecule has 2 rings (SSSR count). The smallest absolute Gasteiger partial charge is 0.407 e. The maximum absolute atomic E-state index is 13.5. The highest BCUT2D eigenvalue weighted by molar-refractivity contribution is 5.91. The first kappa shape index (κ1) is 42.8. The molecule has 2 aliphatic rings. The average molecular weight is 710 g/mol. The second-order valence-corrected chi connectivity index (χ2v) is 13.7. The van der Waals surface area contributed by atoms with Crippen LogP contribution in [0.1, 0.15) is 97.3 Å². The molecule has 0 radical (unpaired) electrons. The van der Waals surface area contributed by atoms with Crippen LogP contribution in [0, 0.1) is 29.6 Å². The van der Waals surface area contributed by atoms with E-state index < -0.39 is 42.1 Å². The first-order valence-electron chi connectivity index (χ1n) is 18.6. The molecule has 7 N–H and O–H groups in total. The molecule has 14 heteroatoms. The minimum Gasteiger partial charge on any atom is -0.481 e. The second-order valence-electron chi connectivity index (χ2n) is 13.7. The lowest BCUT2D eigenvalue weighted by Gasteiger charge is -2.23. The lowest BCUT2D eigenvalue weighted by Crippen LogP contribution is -2.54. The number of amides is 4. The van der Waals surface area contributed by atoms with Crippen LogP contribution in [0.4, 0.5) is 9.59 Å². The lowest BCUT2D eigenvalue weighted by atomic mass is 10.1. The number of carbonyl (C=O) groups is 5. The molecule has 7 atom stereocenters. The Bertz CT molecular complexity index is 1060. The van der Waals surface area contributed by atoms with E-state index in [0.717, 1.165) is 32.1 Å². The number of alkyl carbamates (subject to hydrolysis) is 2. The number of ether oxygens (including phenoxy) is 3. The molecule has 286 valence electrons. The summed E-state index contributed by atoms with van der Waals surface area (Å²) in [4.78, 5) is 62.1. The van der Waals surface area contributed by atoms with Crippen molar-refractivity contribution in [2.45, 2.75) is 109 Å². The van der Waals surface area contributed by atoms with Crippen LogP contribution in [-0.2, 0) is 28.6 Å². The van der Waals surface area contributed by atoms with Gasteiger partial charge in [0.2, 0.25) is 11.8 Å². The standard InChI is InChI=1S/C36H63N5O9/c1-4-6-12-27-28(13-7-5-2)29(27)24-50-35(46)39-18-11-9-15-31(41-36(47)49-23-26-22-25(26)3)34(45)40-30(14-8-10-17-37)33(44)38-19-21-48-20-16-32(42)43/h4,25-31H,1,5-24,37H2,2-3H3,(H,38,44)(H,39,46)(H,40,45)(H,41,47)(H,42,43). The molecule has 0 aromatic heterocycles. The minimum absolute atomic E-state index is 0.0263. The average Bonchev–Trinajstić information content (AvgIpc) is 3.99. The van der Waals surface area contributed by atoms with E-state index in [-0.39, 0.29) is 39.2 Å². The van der Waals surface area contributed by atoms with Gasteiger partial charge in [0.25, 0.3) is 0 Å². The summed E-state index contributed by atoms with van der Waals surface area (Å²) in [6.45, 7) is 9.85. The van der Waals surface area contributed by atoms with E-state index in [1.54, 1.807) is 0 Å². The van der Waals surface area contributed by atoms with Gasteiger partial charge in [0, 0.05) is 13.1 Å². The number of aliphatic carboxylic acids is 1. The molecule has 7 unspecified atom stereocenters. The van der Waals surface area contributed by atoms with Crippen LogP contribution in [0.3, 0.4) is 0 Å². The quantitative estimate of drug-likeness (QED) is 0.0488. The van der Waals surface area contributed by atoms with Crippen LogP contribution in [-0.4, -0.2) is 93.2 Å². The van der Waals surface area contributed by atoms with Crippen molar-refractivity contribution in [2.75, 3.05) is 46.1 Å². The van der Waals surface area contributed by atoms with E-state index in [1.807, 2.05) is 6.08 Å². The van der Waals surface area contributed by atoms with Crippen LogP contribution in [0.2, 0.25) is 0 Å². The van der Waals surface area contributed by atoms with Crippen molar-refractivity contribution < 1.29 is 43.3 Å². The third-order valence-corrected chi connectivity index (χ3v) is 9.60. The summed E-state index contributed by atoms with van der Waals surface area (Å²) < 4.78 is 16.1. The number of carboxylic acids is 1. The molecule has 4 amide bonds. The molecular weight excluding hydrogens is 646 g/mol. The van der Waals surface area contributed by atoms with Crippen molar-refractivity contribution in [2.24, 2.45) is 35.3 Å². The van der Waals surface area contributed by atoms with Crippen molar-refractivity contribution >= 4 is 30.0 Å². The number of allylic oxidation sites excluding steroid dienone is 1. The minimum atomic E-state index is -0.974. The Morgan fingerprint density at radius 1 is 0.840 bits per heavy atom. The first-order chi connectivity index (χ1) is 24.1. The van der Waals surface area contributed by atoms with Gasteiger partial charge in [-0.05, 0) is 100 Å². The summed E-state index contributed by atoms with van der Waals surface area (Å²) in [5, 5.41) is 19.7. The highest BCUT2D eigenvalue weighted by Gasteiger charge is 2.48. The molecule has 2 saturated carbocycles. The Kier molecular flexibility index (Phi) is 21.1. The normalized spacial score (nSPS) is 21.6. The number of nitrogens with two attached hydrogens (primary N) is 1. The summed E-state index contributed by atoms with van der Waals surface area (Å²) in [6.07, 6.45) is 10.1. The zero-order valence-corrected chi connectivity index (χ0v) is 30.3. The Hall–Kier alpha value is -3.39. The molecule has 0 bridgehead atoms. The van der Waals surface area contributed by atoms with Crippen LogP contribution < -0.4 is 27.0 Å². The fourth-order valence-corrected chi connectivity index (χ4v) is 6.20. The van der Waals surface area contributed by atoms with Crippen molar-refractivity contribution in [3.05, 3.63) is 12.7 Å². The van der Waals surface area contributed by atoms with E-state index in [4.69, 9.17) is 25.1 Å². The predicted octanol–water partition coefficient (Wildman–Crippen LogP) is 3.87. The molecule has 0 aromatic rings. The Labute approximate surface area is 297 Å². The first-order valence-corrected chi connectivity index (χ1v) is 18.6. The number of rotatable bonds is 29. The summed E-state index contributed by atoms with van der Waals surface area (Å²) in [6, 6.07) is -1.83. The monoisotopic (exact) mass is 709 g/mol. The summed E-state index contributed by atoms with van der Waals surface area (Å²) in [5.74, 6) is 0.499. The van der Waals surface area contributed by atoms with Crippen molar-refractivity contribution in [3.63, 3.8) is 0 Å². The van der Waals surface area contributed by atoms with Gasteiger partial charge in [-0.2, -0.15) is 0 Å². The SMILES string of the molecule is C=CCCC1C(CCCC)C1COC(=O)NCCCCC(NC(=O)OCC1CC1C)C(=O)NC(CCCCN)C(=O)NCCOCCC(=O)O. The number of hydrogen-bond donors (Lipinski definition) is 6. The van der Waals surface area contributed by atoms with E-state index in [9.17, 15) is 24.0 Å². The van der Waals surface area contributed by atoms with Gasteiger partial charge in [-0.3, -0.25) is 14.4 Å². The lowest BCUT2D eigenvalue weighted by molar-refractivity contribution is -0.138. The fourth-order valence-electron chi connectivity index (χ4n) is 6.20. The fraction of sp³-hybridized carbons (Fsp3) is 0.806. The molecule has 50 heavy (non-hydrogen) atoms. The van der Waals surface area contributed by atoms with Gasteiger partial charge in [0.1, 0.15) is 12.1 Å². The number of nitrogens with one attached hydrogen (secondary N) is 4. The van der Waals surface area contributed by atoms with Crippen LogP contribution in [0.25, 0.3) is 0 Å². The van der Waals surface area contributed by atoms with Gasteiger partial charge in [-0.15, -0.1) is 6.58 Å². The molecule has 14 nitrogen and oxygen atoms in total. The summed E-state index contributed by atoms with van der Waals surface area (Å²) in [5.41, 5.74) is 5.63. The zero-order valence-electron chi connectivity index (χ0n) is 30.3. The van der Waals surface area contributed by atoms with E-state index in [1.165, 1.54) is 6.42 Å². The van der Waals surface area contributed by atoms with Gasteiger partial charge >= 0.3 is 18.2 Å². The van der Waals surface area contributed by atoms with E-state index >= 15 is 0 Å². The molecule has 2 aliphatic carbocycles. The third kappa shape index (κ3) is 18.0. The molecule has 0 aromatic carbocycles. The molecule has 2 fully saturated rings. The van der Waals surface area contributed by atoms with Crippen molar-refractivity contribution in [1.82, 2.24) is 21.3 Å². The van der Waals surface area contributed by atoms with Crippen LogP contribution in [0.15, 0.2) is 12.7 Å². The van der Waals surface area contributed by atoms with E-state index in [0.29, 0.717) is 81.4 Å². The predicted molar refractivity (Wildman–Crippen MR) is 189 cm³/mol. The van der Waals surface area contributed by atoms with Gasteiger partial charge in [-0.25, -0.2) is 9.59 Å². The molecular formula is C36H63N5O9. The van der Waals surface area contributed by atoms with Crippen molar-refractivity contribution in [1.29, 1.82) is 0 Å². The number of hydrogen-bond acceptors (Lipinski definition) is 9. The number of carboxylic acid groups (broad SMARTS) is 1. The third-order valence-electron chi connectivity index (χ3n) is 9.60. The maximum atomic E-state index is 13.5. The zero-order chi connectivity index (χ0) is 36.7. The van der Waals surface area contributed by atoms with Gasteiger partial charge in [0.05, 0.1) is 32.8 Å².